The largest absolute Gasteiger partial charge is 0.507 e. The summed E-state index contributed by atoms with van der Waals surface area (Å²) in [5, 5.41) is 20.5. The Bertz CT molecular complexity index is 1110. The maximum atomic E-state index is 13.2. The number of phenols is 2. The molecule has 128 valence electrons. The van der Waals surface area contributed by atoms with Crippen molar-refractivity contribution in [3.8, 4) is 22.6 Å². The first kappa shape index (κ1) is 16.2. The van der Waals surface area contributed by atoms with Crippen molar-refractivity contribution < 1.29 is 19.8 Å². The van der Waals surface area contributed by atoms with Crippen LogP contribution in [0.2, 0.25) is 0 Å². The lowest BCUT2D eigenvalue weighted by molar-refractivity contribution is 0.0974. The maximum Gasteiger partial charge on any atom is 0.200 e. The van der Waals surface area contributed by atoms with Gasteiger partial charge in [-0.25, -0.2) is 0 Å². The molecule has 3 aromatic rings. The van der Waals surface area contributed by atoms with E-state index >= 15 is 0 Å². The molecule has 0 aliphatic heterocycles. The molecular weight excluding hydrogens is 350 g/mol. The molecule has 3 aromatic carbocycles. The third kappa shape index (κ3) is 2.12. The number of carbonyl (C=O) groups excluding carboxylic acids is 2. The van der Waals surface area contributed by atoms with Crippen molar-refractivity contribution in [3.05, 3.63) is 70.8 Å². The van der Waals surface area contributed by atoms with E-state index < -0.39 is 23.1 Å². The molecular formula is C20H13NO4S. The van der Waals surface area contributed by atoms with Crippen LogP contribution in [-0.2, 0) is 0 Å². The SMILES string of the molecule is Nc1ccc(-c2ccccc2)c2c1C(=O)c1c(O)c(S)cc(O)c1C2=O. The fourth-order valence-electron chi connectivity index (χ4n) is 3.30. The molecule has 0 aromatic heterocycles. The lowest BCUT2D eigenvalue weighted by Crippen LogP contribution is -2.23. The van der Waals surface area contributed by atoms with Crippen molar-refractivity contribution >= 4 is 29.9 Å². The predicted octanol–water partition coefficient (Wildman–Crippen LogP) is 3.41. The first-order valence-electron chi connectivity index (χ1n) is 7.77. The van der Waals surface area contributed by atoms with Crippen LogP contribution in [0.4, 0.5) is 5.69 Å². The Morgan fingerprint density at radius 3 is 2.15 bits per heavy atom. The van der Waals surface area contributed by atoms with E-state index in [4.69, 9.17) is 5.73 Å². The van der Waals surface area contributed by atoms with Crippen LogP contribution in [0.3, 0.4) is 0 Å². The van der Waals surface area contributed by atoms with Crippen molar-refractivity contribution in [3.63, 3.8) is 0 Å². The second-order valence-electron chi connectivity index (χ2n) is 5.99. The van der Waals surface area contributed by atoms with E-state index in [1.807, 2.05) is 30.3 Å². The number of benzene rings is 3. The summed E-state index contributed by atoms with van der Waals surface area (Å²) in [6.07, 6.45) is 0. The average molecular weight is 363 g/mol. The van der Waals surface area contributed by atoms with E-state index in [9.17, 15) is 19.8 Å². The lowest BCUT2D eigenvalue weighted by Gasteiger charge is -2.23. The summed E-state index contributed by atoms with van der Waals surface area (Å²) < 4.78 is 0. The van der Waals surface area contributed by atoms with Crippen molar-refractivity contribution in [2.45, 2.75) is 4.90 Å². The number of nitrogen functional groups attached to an aromatic ring is 1. The monoisotopic (exact) mass is 363 g/mol. The molecule has 5 nitrogen and oxygen atoms in total. The van der Waals surface area contributed by atoms with Gasteiger partial charge in [0.2, 0.25) is 5.78 Å². The fourth-order valence-corrected chi connectivity index (χ4v) is 3.54. The van der Waals surface area contributed by atoms with E-state index in [2.05, 4.69) is 12.6 Å². The molecule has 0 saturated heterocycles. The minimum atomic E-state index is -0.617. The van der Waals surface area contributed by atoms with Crippen LogP contribution >= 0.6 is 12.6 Å². The molecule has 0 radical (unpaired) electrons. The van der Waals surface area contributed by atoms with E-state index in [1.165, 1.54) is 0 Å². The first-order valence-corrected chi connectivity index (χ1v) is 8.21. The Hall–Kier alpha value is -3.25. The van der Waals surface area contributed by atoms with E-state index in [0.717, 1.165) is 11.6 Å². The highest BCUT2D eigenvalue weighted by Crippen LogP contribution is 2.44. The number of anilines is 1. The van der Waals surface area contributed by atoms with Gasteiger partial charge in [0.05, 0.1) is 21.6 Å². The van der Waals surface area contributed by atoms with Crippen molar-refractivity contribution in [2.75, 3.05) is 5.73 Å². The summed E-state index contributed by atoms with van der Waals surface area (Å²) in [5.74, 6) is -2.04. The van der Waals surface area contributed by atoms with Gasteiger partial charge in [-0.05, 0) is 23.3 Å². The van der Waals surface area contributed by atoms with Crippen LogP contribution in [0.1, 0.15) is 31.8 Å². The minimum absolute atomic E-state index is 0.00337. The number of nitrogens with two attached hydrogens (primary N) is 1. The molecule has 1 aliphatic carbocycles. The van der Waals surface area contributed by atoms with Crippen molar-refractivity contribution in [1.29, 1.82) is 0 Å². The third-order valence-corrected chi connectivity index (χ3v) is 4.83. The molecule has 0 atom stereocenters. The number of hydrogen-bond donors (Lipinski definition) is 4. The first-order chi connectivity index (χ1) is 12.4. The zero-order valence-electron chi connectivity index (χ0n) is 13.4. The van der Waals surface area contributed by atoms with Crippen LogP contribution in [0.15, 0.2) is 53.4 Å². The number of fused-ring (bicyclic) bond motifs is 2. The van der Waals surface area contributed by atoms with Gasteiger partial charge < -0.3 is 15.9 Å². The van der Waals surface area contributed by atoms with Crippen LogP contribution in [0.25, 0.3) is 11.1 Å². The Morgan fingerprint density at radius 2 is 1.46 bits per heavy atom. The van der Waals surface area contributed by atoms with Gasteiger partial charge in [0, 0.05) is 11.3 Å². The van der Waals surface area contributed by atoms with Crippen LogP contribution in [0, 0.1) is 0 Å². The Morgan fingerprint density at radius 1 is 0.808 bits per heavy atom. The third-order valence-electron chi connectivity index (χ3n) is 4.49. The standard InChI is InChI=1S/C20H13NO4S/c21-11-7-6-10(9-4-2-1-3-5-9)14-15(11)20(25)17-16(19(14)24)12(22)8-13(26)18(17)23/h1-8,22-23,26H,21H2. The van der Waals surface area contributed by atoms with Crippen LogP contribution in [-0.4, -0.2) is 21.8 Å². The molecule has 0 fully saturated rings. The van der Waals surface area contributed by atoms with Crippen molar-refractivity contribution in [2.24, 2.45) is 0 Å². The van der Waals surface area contributed by atoms with Gasteiger partial charge in [-0.1, -0.05) is 36.4 Å². The second-order valence-corrected chi connectivity index (χ2v) is 6.47. The summed E-state index contributed by atoms with van der Waals surface area (Å²) in [6, 6.07) is 13.5. The summed E-state index contributed by atoms with van der Waals surface area (Å²) >= 11 is 4.04. The summed E-state index contributed by atoms with van der Waals surface area (Å²) in [6.45, 7) is 0. The number of ketones is 2. The number of thiol groups is 1. The predicted molar refractivity (Wildman–Crippen MR) is 100 cm³/mol. The number of aromatic hydroxyl groups is 2. The molecule has 0 unspecified atom stereocenters. The van der Waals surface area contributed by atoms with Gasteiger partial charge in [-0.15, -0.1) is 12.6 Å². The van der Waals surface area contributed by atoms with E-state index in [0.29, 0.717) is 5.56 Å². The molecule has 26 heavy (non-hydrogen) atoms. The van der Waals surface area contributed by atoms with Gasteiger partial charge in [0.1, 0.15) is 11.5 Å². The van der Waals surface area contributed by atoms with Gasteiger partial charge >= 0.3 is 0 Å². The molecule has 6 heteroatoms. The Labute approximate surface area is 154 Å². The van der Waals surface area contributed by atoms with Crippen LogP contribution < -0.4 is 5.73 Å². The molecule has 1 aliphatic rings. The maximum absolute atomic E-state index is 13.2. The molecule has 0 amide bonds. The highest BCUT2D eigenvalue weighted by atomic mass is 32.1. The highest BCUT2D eigenvalue weighted by molar-refractivity contribution is 7.80. The Kier molecular flexibility index (Phi) is 3.52. The van der Waals surface area contributed by atoms with E-state index in [-0.39, 0.29) is 32.8 Å². The van der Waals surface area contributed by atoms with Gasteiger partial charge in [0.25, 0.3) is 0 Å². The van der Waals surface area contributed by atoms with Crippen LogP contribution in [0.5, 0.6) is 11.5 Å². The second kappa shape index (κ2) is 5.64. The lowest BCUT2D eigenvalue weighted by atomic mass is 9.79. The minimum Gasteiger partial charge on any atom is -0.507 e. The zero-order chi connectivity index (χ0) is 18.6. The number of carbonyl (C=O) groups is 2. The Balaban J connectivity index is 2.10. The summed E-state index contributed by atoms with van der Waals surface area (Å²) in [7, 11) is 0. The molecule has 0 saturated carbocycles. The molecule has 4 N–H and O–H groups in total. The number of phenolic OH excluding ortho intramolecular Hbond substituents is 2. The molecule has 0 spiro atoms. The molecule has 4 rings (SSSR count). The van der Waals surface area contributed by atoms with Gasteiger partial charge in [-0.3, -0.25) is 9.59 Å². The van der Waals surface area contributed by atoms with Gasteiger partial charge in [0.15, 0.2) is 5.78 Å². The molecule has 0 bridgehead atoms. The van der Waals surface area contributed by atoms with E-state index in [1.54, 1.807) is 12.1 Å². The van der Waals surface area contributed by atoms with Gasteiger partial charge in [-0.2, -0.15) is 0 Å². The van der Waals surface area contributed by atoms with Crippen molar-refractivity contribution in [1.82, 2.24) is 0 Å². The number of hydrogen-bond acceptors (Lipinski definition) is 6. The summed E-state index contributed by atoms with van der Waals surface area (Å²) in [5.41, 5.74) is 7.03. The highest BCUT2D eigenvalue weighted by Gasteiger charge is 2.38. The average Bonchev–Trinajstić information content (AvgIpc) is 2.63. The summed E-state index contributed by atoms with van der Waals surface area (Å²) in [4.78, 5) is 26.2. The molecule has 0 heterocycles. The smallest absolute Gasteiger partial charge is 0.200 e. The quantitative estimate of drug-likeness (QED) is 0.236. The fraction of sp³-hybridized carbons (Fsp3) is 0. The number of rotatable bonds is 1. The zero-order valence-corrected chi connectivity index (χ0v) is 14.2. The normalized spacial score (nSPS) is 12.7. The topological polar surface area (TPSA) is 101 Å².